The van der Waals surface area contributed by atoms with Crippen molar-refractivity contribution in [2.75, 3.05) is 13.6 Å². The fraction of sp³-hybridized carbons (Fsp3) is 0.571. The van der Waals surface area contributed by atoms with Gasteiger partial charge in [0.25, 0.3) is 0 Å². The molecule has 1 aromatic rings. The van der Waals surface area contributed by atoms with Crippen LogP contribution in [0.4, 0.5) is 8.78 Å². The summed E-state index contributed by atoms with van der Waals surface area (Å²) in [4.78, 5) is 1.85. The Morgan fingerprint density at radius 3 is 2.61 bits per heavy atom. The third kappa shape index (κ3) is 3.27. The summed E-state index contributed by atoms with van der Waals surface area (Å²) in [5.74, 6) is -0.832. The first-order valence-corrected chi connectivity index (χ1v) is 6.33. The van der Waals surface area contributed by atoms with E-state index in [2.05, 4.69) is 0 Å². The van der Waals surface area contributed by atoms with Crippen molar-refractivity contribution in [3.8, 4) is 0 Å². The third-order valence-corrected chi connectivity index (χ3v) is 3.55. The van der Waals surface area contributed by atoms with Gasteiger partial charge in [0.1, 0.15) is 11.6 Å². The lowest BCUT2D eigenvalue weighted by atomic mass is 10.0. The van der Waals surface area contributed by atoms with E-state index in [1.807, 2.05) is 11.9 Å². The van der Waals surface area contributed by atoms with E-state index < -0.39 is 17.2 Å². The molecule has 2 rings (SSSR count). The number of likely N-dealkylation sites (N-methyl/N-ethyl adjacent to an activating group) is 1. The maximum Gasteiger partial charge on any atom is 0.127 e. The van der Waals surface area contributed by atoms with Crippen LogP contribution < -0.4 is 0 Å². The minimum Gasteiger partial charge on any atom is -0.389 e. The van der Waals surface area contributed by atoms with E-state index in [1.54, 1.807) is 0 Å². The number of hydrogen-bond acceptors (Lipinski definition) is 2. The van der Waals surface area contributed by atoms with Crippen molar-refractivity contribution in [2.24, 2.45) is 0 Å². The molecule has 1 N–H and O–H groups in total. The molecule has 0 saturated heterocycles. The lowest BCUT2D eigenvalue weighted by Gasteiger charge is -2.28. The van der Waals surface area contributed by atoms with Gasteiger partial charge < -0.3 is 5.11 Å². The Bertz CT molecular complexity index is 416. The highest BCUT2D eigenvalue weighted by Crippen LogP contribution is 2.30. The summed E-state index contributed by atoms with van der Waals surface area (Å²) in [5, 5.41) is 10.3. The summed E-state index contributed by atoms with van der Waals surface area (Å²) < 4.78 is 26.5. The average molecular weight is 255 g/mol. The smallest absolute Gasteiger partial charge is 0.127 e. The molecule has 0 radical (unpaired) electrons. The zero-order valence-electron chi connectivity index (χ0n) is 10.6. The van der Waals surface area contributed by atoms with Crippen LogP contribution in [0.3, 0.4) is 0 Å². The molecule has 1 aliphatic carbocycles. The van der Waals surface area contributed by atoms with Crippen LogP contribution in [0.5, 0.6) is 0 Å². The number of rotatable bonds is 4. The van der Waals surface area contributed by atoms with Crippen LogP contribution in [0.1, 0.15) is 31.2 Å². The summed E-state index contributed by atoms with van der Waals surface area (Å²) in [6, 6.07) is 3.47. The van der Waals surface area contributed by atoms with Crippen molar-refractivity contribution in [3.05, 3.63) is 35.4 Å². The number of halogens is 2. The van der Waals surface area contributed by atoms with Gasteiger partial charge in [-0.1, -0.05) is 12.8 Å². The first-order valence-electron chi connectivity index (χ1n) is 6.33. The van der Waals surface area contributed by atoms with Crippen LogP contribution in [0.2, 0.25) is 0 Å². The number of nitrogens with zero attached hydrogens (tertiary/aromatic N) is 1. The van der Waals surface area contributed by atoms with Gasteiger partial charge in [-0.25, -0.2) is 8.78 Å². The highest BCUT2D eigenvalue weighted by atomic mass is 19.1. The minimum absolute atomic E-state index is 0.311. The summed E-state index contributed by atoms with van der Waals surface area (Å²) in [6.45, 7) is 0.814. The van der Waals surface area contributed by atoms with E-state index in [-0.39, 0.29) is 0 Å². The molecule has 0 heterocycles. The molecule has 2 nitrogen and oxygen atoms in total. The standard InChI is InChI=1S/C14H19F2NO/c1-17(10-14(18)6-2-3-7-14)9-11-8-12(15)4-5-13(11)16/h4-5,8,18H,2-3,6-7,9-10H2,1H3. The second kappa shape index (κ2) is 5.33. The van der Waals surface area contributed by atoms with Crippen LogP contribution in [0.25, 0.3) is 0 Å². The van der Waals surface area contributed by atoms with E-state index >= 15 is 0 Å². The Labute approximate surface area is 106 Å². The zero-order valence-corrected chi connectivity index (χ0v) is 10.6. The highest BCUT2D eigenvalue weighted by molar-refractivity contribution is 5.18. The summed E-state index contributed by atoms with van der Waals surface area (Å²) in [6.07, 6.45) is 3.67. The van der Waals surface area contributed by atoms with Crippen LogP contribution in [-0.2, 0) is 6.54 Å². The lowest BCUT2D eigenvalue weighted by Crippen LogP contribution is -2.38. The van der Waals surface area contributed by atoms with Crippen molar-refractivity contribution in [3.63, 3.8) is 0 Å². The molecule has 100 valence electrons. The van der Waals surface area contributed by atoms with Crippen LogP contribution >= 0.6 is 0 Å². The first-order chi connectivity index (χ1) is 8.48. The molecule has 1 saturated carbocycles. The normalized spacial score (nSPS) is 18.5. The topological polar surface area (TPSA) is 23.5 Å². The van der Waals surface area contributed by atoms with Crippen molar-refractivity contribution in [1.29, 1.82) is 0 Å². The highest BCUT2D eigenvalue weighted by Gasteiger charge is 2.32. The molecule has 1 aromatic carbocycles. The van der Waals surface area contributed by atoms with Crippen molar-refractivity contribution in [1.82, 2.24) is 4.90 Å². The summed E-state index contributed by atoms with van der Waals surface area (Å²) in [7, 11) is 1.82. The van der Waals surface area contributed by atoms with Gasteiger partial charge in [0.05, 0.1) is 5.60 Å². The monoisotopic (exact) mass is 255 g/mol. The van der Waals surface area contributed by atoms with Gasteiger partial charge in [0.2, 0.25) is 0 Å². The van der Waals surface area contributed by atoms with E-state index in [0.717, 1.165) is 37.8 Å². The van der Waals surface area contributed by atoms with Crippen LogP contribution in [0.15, 0.2) is 18.2 Å². The molecule has 0 aliphatic heterocycles. The molecule has 1 fully saturated rings. The van der Waals surface area contributed by atoms with E-state index in [1.165, 1.54) is 6.07 Å². The average Bonchev–Trinajstić information content (AvgIpc) is 2.70. The lowest BCUT2D eigenvalue weighted by molar-refractivity contribution is 0.0143. The number of benzene rings is 1. The first kappa shape index (κ1) is 13.4. The van der Waals surface area contributed by atoms with Gasteiger partial charge >= 0.3 is 0 Å². The predicted molar refractivity (Wildman–Crippen MR) is 66.1 cm³/mol. The Kier molecular flexibility index (Phi) is 3.97. The fourth-order valence-electron chi connectivity index (χ4n) is 2.70. The number of aliphatic hydroxyl groups is 1. The Hall–Kier alpha value is -1.00. The van der Waals surface area contributed by atoms with E-state index in [9.17, 15) is 13.9 Å². The fourth-order valence-corrected chi connectivity index (χ4v) is 2.70. The Balaban J connectivity index is 1.98. The largest absolute Gasteiger partial charge is 0.389 e. The molecule has 1 aliphatic rings. The second-order valence-electron chi connectivity index (χ2n) is 5.34. The second-order valence-corrected chi connectivity index (χ2v) is 5.34. The van der Waals surface area contributed by atoms with Crippen molar-refractivity contribution < 1.29 is 13.9 Å². The molecular formula is C14H19F2NO. The quantitative estimate of drug-likeness (QED) is 0.894. The van der Waals surface area contributed by atoms with Crippen LogP contribution in [-0.4, -0.2) is 29.2 Å². The van der Waals surface area contributed by atoms with Gasteiger partial charge in [0, 0.05) is 18.7 Å². The molecular weight excluding hydrogens is 236 g/mol. The molecule has 0 atom stereocenters. The zero-order chi connectivity index (χ0) is 13.2. The van der Waals surface area contributed by atoms with E-state index in [4.69, 9.17) is 0 Å². The molecule has 0 spiro atoms. The van der Waals surface area contributed by atoms with Gasteiger partial charge in [-0.15, -0.1) is 0 Å². The van der Waals surface area contributed by atoms with Gasteiger partial charge in [0.15, 0.2) is 0 Å². The molecule has 0 aromatic heterocycles. The molecule has 0 amide bonds. The maximum atomic E-state index is 13.5. The minimum atomic E-state index is -0.654. The van der Waals surface area contributed by atoms with Crippen molar-refractivity contribution in [2.45, 2.75) is 37.8 Å². The van der Waals surface area contributed by atoms with Gasteiger partial charge in [-0.05, 0) is 38.1 Å². The third-order valence-electron chi connectivity index (χ3n) is 3.55. The summed E-state index contributed by atoms with van der Waals surface area (Å²) >= 11 is 0. The molecule has 4 heteroatoms. The molecule has 0 bridgehead atoms. The maximum absolute atomic E-state index is 13.5. The Morgan fingerprint density at radius 2 is 1.94 bits per heavy atom. The predicted octanol–water partition coefficient (Wildman–Crippen LogP) is 2.70. The van der Waals surface area contributed by atoms with Gasteiger partial charge in [-0.2, -0.15) is 0 Å². The SMILES string of the molecule is CN(Cc1cc(F)ccc1F)CC1(O)CCCC1. The summed E-state index contributed by atoms with van der Waals surface area (Å²) in [5.41, 5.74) is -0.322. The molecule has 18 heavy (non-hydrogen) atoms. The van der Waals surface area contributed by atoms with Crippen molar-refractivity contribution >= 4 is 0 Å². The molecule has 0 unspecified atom stereocenters. The van der Waals surface area contributed by atoms with Crippen LogP contribution in [0, 0.1) is 11.6 Å². The number of hydrogen-bond donors (Lipinski definition) is 1. The van der Waals surface area contributed by atoms with Gasteiger partial charge in [-0.3, -0.25) is 4.90 Å². The Morgan fingerprint density at radius 1 is 1.28 bits per heavy atom. The van der Waals surface area contributed by atoms with E-state index in [0.29, 0.717) is 18.7 Å².